The molecular weight excluding hydrogens is 244 g/mol. The molecule has 0 aliphatic carbocycles. The SMILES string of the molecule is CCn1cnc(Cl)c1-c1coc(C(=O)OC)c1. The molecule has 2 aromatic heterocycles. The molecule has 0 radical (unpaired) electrons. The molecule has 2 heterocycles. The molecule has 0 aromatic carbocycles. The van der Waals surface area contributed by atoms with Gasteiger partial charge in [0.15, 0.2) is 5.15 Å². The Morgan fingerprint density at radius 2 is 2.41 bits per heavy atom. The van der Waals surface area contributed by atoms with Gasteiger partial charge in [0.05, 0.1) is 19.1 Å². The minimum atomic E-state index is -0.519. The number of hydrogen-bond acceptors (Lipinski definition) is 4. The van der Waals surface area contributed by atoms with Crippen LogP contribution in [0, 0.1) is 0 Å². The van der Waals surface area contributed by atoms with Gasteiger partial charge in [-0.2, -0.15) is 0 Å². The summed E-state index contributed by atoms with van der Waals surface area (Å²) in [5.74, 6) is -0.377. The molecule has 6 heteroatoms. The van der Waals surface area contributed by atoms with E-state index in [2.05, 4.69) is 9.72 Å². The number of hydrogen-bond donors (Lipinski definition) is 0. The van der Waals surface area contributed by atoms with E-state index < -0.39 is 5.97 Å². The molecule has 0 bridgehead atoms. The van der Waals surface area contributed by atoms with Gasteiger partial charge in [-0.25, -0.2) is 9.78 Å². The first-order chi connectivity index (χ1) is 8.17. The molecule has 0 saturated heterocycles. The summed E-state index contributed by atoms with van der Waals surface area (Å²) in [5.41, 5.74) is 1.43. The molecule has 0 aliphatic heterocycles. The Labute approximate surface area is 103 Å². The molecule has 0 saturated carbocycles. The van der Waals surface area contributed by atoms with Crippen LogP contribution in [0.4, 0.5) is 0 Å². The lowest BCUT2D eigenvalue weighted by molar-refractivity contribution is 0.0565. The third-order valence-corrected chi connectivity index (χ3v) is 2.67. The second kappa shape index (κ2) is 4.63. The van der Waals surface area contributed by atoms with Crippen molar-refractivity contribution in [2.24, 2.45) is 0 Å². The number of methoxy groups -OCH3 is 1. The predicted octanol–water partition coefficient (Wildman–Crippen LogP) is 2.60. The molecule has 0 spiro atoms. The predicted molar refractivity (Wildman–Crippen MR) is 62.0 cm³/mol. The molecule has 0 N–H and O–H groups in total. The topological polar surface area (TPSA) is 57.3 Å². The van der Waals surface area contributed by atoms with Gasteiger partial charge in [-0.3, -0.25) is 0 Å². The molecule has 0 aliphatic rings. The highest BCUT2D eigenvalue weighted by Gasteiger charge is 2.17. The van der Waals surface area contributed by atoms with Crippen LogP contribution in [0.3, 0.4) is 0 Å². The molecular formula is C11H11ClN2O3. The van der Waals surface area contributed by atoms with Crippen molar-refractivity contribution in [1.82, 2.24) is 9.55 Å². The number of aromatic nitrogens is 2. The number of esters is 1. The van der Waals surface area contributed by atoms with Crippen LogP contribution >= 0.6 is 11.6 Å². The maximum Gasteiger partial charge on any atom is 0.373 e. The van der Waals surface area contributed by atoms with E-state index in [0.717, 1.165) is 12.2 Å². The zero-order chi connectivity index (χ0) is 12.4. The highest BCUT2D eigenvalue weighted by molar-refractivity contribution is 6.31. The van der Waals surface area contributed by atoms with E-state index in [9.17, 15) is 4.79 Å². The monoisotopic (exact) mass is 254 g/mol. The van der Waals surface area contributed by atoms with E-state index in [4.69, 9.17) is 16.0 Å². The average molecular weight is 255 g/mol. The summed E-state index contributed by atoms with van der Waals surface area (Å²) in [6.45, 7) is 2.70. The quantitative estimate of drug-likeness (QED) is 0.790. The van der Waals surface area contributed by atoms with Crippen LogP contribution < -0.4 is 0 Å². The summed E-state index contributed by atoms with van der Waals surface area (Å²) in [7, 11) is 1.30. The van der Waals surface area contributed by atoms with Gasteiger partial charge in [0.2, 0.25) is 5.76 Å². The molecule has 0 unspecified atom stereocenters. The number of furan rings is 1. The Kier molecular flexibility index (Phi) is 3.19. The second-order valence-corrected chi connectivity index (χ2v) is 3.72. The van der Waals surface area contributed by atoms with Crippen molar-refractivity contribution in [2.45, 2.75) is 13.5 Å². The smallest absolute Gasteiger partial charge is 0.373 e. The average Bonchev–Trinajstić information content (AvgIpc) is 2.93. The van der Waals surface area contributed by atoms with E-state index in [-0.39, 0.29) is 5.76 Å². The minimum absolute atomic E-state index is 0.141. The van der Waals surface area contributed by atoms with Crippen LogP contribution in [0.5, 0.6) is 0 Å². The van der Waals surface area contributed by atoms with Crippen LogP contribution in [0.25, 0.3) is 11.3 Å². The third kappa shape index (κ3) is 2.06. The number of halogens is 1. The van der Waals surface area contributed by atoms with Crippen molar-refractivity contribution in [2.75, 3.05) is 7.11 Å². The van der Waals surface area contributed by atoms with Gasteiger partial charge in [0.1, 0.15) is 6.26 Å². The fourth-order valence-electron chi connectivity index (χ4n) is 1.55. The number of ether oxygens (including phenoxy) is 1. The van der Waals surface area contributed by atoms with Crippen molar-refractivity contribution in [3.63, 3.8) is 0 Å². The first-order valence-electron chi connectivity index (χ1n) is 5.05. The van der Waals surface area contributed by atoms with Crippen molar-refractivity contribution < 1.29 is 13.9 Å². The van der Waals surface area contributed by atoms with Gasteiger partial charge in [-0.05, 0) is 6.92 Å². The summed E-state index contributed by atoms with van der Waals surface area (Å²) in [6.07, 6.45) is 3.10. The van der Waals surface area contributed by atoms with Gasteiger partial charge in [-0.15, -0.1) is 0 Å². The van der Waals surface area contributed by atoms with Crippen LogP contribution in [-0.2, 0) is 11.3 Å². The zero-order valence-corrected chi connectivity index (χ0v) is 10.2. The first-order valence-corrected chi connectivity index (χ1v) is 5.43. The van der Waals surface area contributed by atoms with Gasteiger partial charge >= 0.3 is 5.97 Å². The van der Waals surface area contributed by atoms with Crippen molar-refractivity contribution >= 4 is 17.6 Å². The third-order valence-electron chi connectivity index (χ3n) is 2.39. The minimum Gasteiger partial charge on any atom is -0.463 e. The first kappa shape index (κ1) is 11.7. The van der Waals surface area contributed by atoms with Gasteiger partial charge in [0.25, 0.3) is 0 Å². The molecule has 90 valence electrons. The van der Waals surface area contributed by atoms with E-state index in [0.29, 0.717) is 10.7 Å². The highest BCUT2D eigenvalue weighted by Crippen LogP contribution is 2.28. The van der Waals surface area contributed by atoms with Crippen LogP contribution in [-0.4, -0.2) is 22.6 Å². The Morgan fingerprint density at radius 1 is 1.65 bits per heavy atom. The van der Waals surface area contributed by atoms with E-state index in [1.807, 2.05) is 11.5 Å². The molecule has 17 heavy (non-hydrogen) atoms. The lowest BCUT2D eigenvalue weighted by Crippen LogP contribution is -1.98. The molecule has 2 aromatic rings. The lowest BCUT2D eigenvalue weighted by atomic mass is 10.2. The fourth-order valence-corrected chi connectivity index (χ4v) is 1.81. The Bertz CT molecular complexity index is 545. The number of rotatable bonds is 3. The van der Waals surface area contributed by atoms with Crippen molar-refractivity contribution in [3.8, 4) is 11.3 Å². The second-order valence-electron chi connectivity index (χ2n) is 3.36. The summed E-state index contributed by atoms with van der Waals surface area (Å²) < 4.78 is 11.6. The molecule has 0 amide bonds. The standard InChI is InChI=1S/C11H11ClN2O3/c1-3-14-6-13-10(12)9(14)7-4-8(17-5-7)11(15)16-2/h4-6H,3H2,1-2H3. The lowest BCUT2D eigenvalue weighted by Gasteiger charge is -2.01. The Morgan fingerprint density at radius 3 is 3.06 bits per heavy atom. The van der Waals surface area contributed by atoms with E-state index >= 15 is 0 Å². The van der Waals surface area contributed by atoms with Gasteiger partial charge in [-0.1, -0.05) is 11.6 Å². The van der Waals surface area contributed by atoms with E-state index in [1.54, 1.807) is 12.4 Å². The zero-order valence-electron chi connectivity index (χ0n) is 9.44. The maximum atomic E-state index is 11.3. The Hall–Kier alpha value is -1.75. The fraction of sp³-hybridized carbons (Fsp3) is 0.273. The molecule has 0 atom stereocenters. The van der Waals surface area contributed by atoms with Gasteiger partial charge < -0.3 is 13.7 Å². The maximum absolute atomic E-state index is 11.3. The van der Waals surface area contributed by atoms with Crippen molar-refractivity contribution in [3.05, 3.63) is 29.6 Å². The van der Waals surface area contributed by atoms with Crippen LogP contribution in [0.2, 0.25) is 5.15 Å². The van der Waals surface area contributed by atoms with Gasteiger partial charge in [0, 0.05) is 18.2 Å². The number of nitrogens with zero attached hydrogens (tertiary/aromatic N) is 2. The summed E-state index contributed by atoms with van der Waals surface area (Å²) in [4.78, 5) is 15.3. The molecule has 2 rings (SSSR count). The summed E-state index contributed by atoms with van der Waals surface area (Å²) in [6, 6.07) is 1.58. The largest absolute Gasteiger partial charge is 0.463 e. The number of carbonyl (C=O) groups is 1. The summed E-state index contributed by atoms with van der Waals surface area (Å²) in [5, 5.41) is 0.379. The number of aryl methyl sites for hydroxylation is 1. The van der Waals surface area contributed by atoms with E-state index in [1.165, 1.54) is 13.4 Å². The number of imidazole rings is 1. The van der Waals surface area contributed by atoms with Crippen LogP contribution in [0.15, 0.2) is 23.1 Å². The molecule has 5 nitrogen and oxygen atoms in total. The van der Waals surface area contributed by atoms with Crippen molar-refractivity contribution in [1.29, 1.82) is 0 Å². The molecule has 0 fully saturated rings. The summed E-state index contributed by atoms with van der Waals surface area (Å²) >= 11 is 5.99. The highest BCUT2D eigenvalue weighted by atomic mass is 35.5. The van der Waals surface area contributed by atoms with Crippen LogP contribution in [0.1, 0.15) is 17.5 Å². The number of carbonyl (C=O) groups excluding carboxylic acids is 1. The normalized spacial score (nSPS) is 10.5. The Balaban J connectivity index is 2.43.